The van der Waals surface area contributed by atoms with E-state index in [1.165, 1.54) is 0 Å². The molecule has 2 N–H and O–H groups in total. The average molecular weight is 476 g/mol. The van der Waals surface area contributed by atoms with E-state index in [1.807, 2.05) is 0 Å². The number of carbonyl (C=O) groups excluding carboxylic acids is 2. The second-order valence-electron chi connectivity index (χ2n) is 5.58. The molecule has 0 fully saturated rings. The maximum atomic E-state index is 12.3. The minimum Gasteiger partial charge on any atom is -0.484 e. The Labute approximate surface area is 170 Å². The van der Waals surface area contributed by atoms with Gasteiger partial charge in [-0.3, -0.25) is 19.7 Å². The van der Waals surface area contributed by atoms with Gasteiger partial charge in [-0.15, -0.1) is 0 Å². The summed E-state index contributed by atoms with van der Waals surface area (Å²) in [5.41, 5.74) is -0.720. The van der Waals surface area contributed by atoms with Gasteiger partial charge in [-0.1, -0.05) is 15.9 Å². The quantitative estimate of drug-likeness (QED) is 0.468. The van der Waals surface area contributed by atoms with E-state index < -0.39 is 47.3 Å². The molecule has 0 aromatic heterocycles. The first-order valence-electron chi connectivity index (χ1n) is 7.87. The van der Waals surface area contributed by atoms with Crippen LogP contribution in [0.1, 0.15) is 10.4 Å². The molecule has 0 spiro atoms. The monoisotopic (exact) mass is 475 g/mol. The fraction of sp³-hybridized carbons (Fsp3) is 0.176. The van der Waals surface area contributed by atoms with Crippen LogP contribution in [-0.2, 0) is 4.79 Å². The topological polar surface area (TPSA) is 111 Å². The van der Waals surface area contributed by atoms with Crippen LogP contribution >= 0.6 is 15.9 Å². The van der Waals surface area contributed by atoms with Crippen LogP contribution in [0.15, 0.2) is 46.9 Å². The molecule has 0 unspecified atom stereocenters. The summed E-state index contributed by atoms with van der Waals surface area (Å²) >= 11 is 3.24. The number of carbonyl (C=O) groups is 2. The van der Waals surface area contributed by atoms with E-state index in [1.54, 1.807) is 24.3 Å². The first kappa shape index (κ1) is 22.1. The molecule has 2 amide bonds. The van der Waals surface area contributed by atoms with Crippen molar-refractivity contribution in [1.82, 2.24) is 5.32 Å². The third-order valence-corrected chi connectivity index (χ3v) is 3.88. The zero-order valence-corrected chi connectivity index (χ0v) is 16.0. The largest absolute Gasteiger partial charge is 0.484 e. The van der Waals surface area contributed by atoms with Gasteiger partial charge in [-0.25, -0.2) is 0 Å². The zero-order valence-electron chi connectivity index (χ0n) is 14.5. The molecule has 154 valence electrons. The Balaban J connectivity index is 2.06. The van der Waals surface area contributed by atoms with E-state index >= 15 is 0 Å². The third-order valence-electron chi connectivity index (χ3n) is 3.35. The van der Waals surface area contributed by atoms with Crippen molar-refractivity contribution in [1.29, 1.82) is 0 Å². The molecule has 29 heavy (non-hydrogen) atoms. The van der Waals surface area contributed by atoms with Crippen LogP contribution in [-0.4, -0.2) is 36.1 Å². The maximum Gasteiger partial charge on any atom is 0.422 e. The van der Waals surface area contributed by atoms with E-state index in [0.29, 0.717) is 5.69 Å². The number of alkyl halides is 3. The van der Waals surface area contributed by atoms with Crippen LogP contribution in [0.25, 0.3) is 0 Å². The lowest BCUT2D eigenvalue weighted by molar-refractivity contribution is -0.385. The Morgan fingerprint density at radius 3 is 2.38 bits per heavy atom. The number of nitrogens with zero attached hydrogens (tertiary/aromatic N) is 1. The molecular formula is C17H13BrF3N3O5. The Hall–Kier alpha value is -3.15. The van der Waals surface area contributed by atoms with Crippen molar-refractivity contribution >= 4 is 39.1 Å². The Morgan fingerprint density at radius 1 is 1.14 bits per heavy atom. The Morgan fingerprint density at radius 2 is 1.79 bits per heavy atom. The first-order chi connectivity index (χ1) is 13.5. The molecule has 0 atom stereocenters. The molecule has 2 aromatic rings. The van der Waals surface area contributed by atoms with Gasteiger partial charge in [0.25, 0.3) is 11.6 Å². The number of halogens is 4. The summed E-state index contributed by atoms with van der Waals surface area (Å²) < 4.78 is 42.1. The second-order valence-corrected chi connectivity index (χ2v) is 6.49. The number of anilines is 1. The number of rotatable bonds is 7. The molecule has 0 heterocycles. The highest BCUT2D eigenvalue weighted by Gasteiger charge is 2.29. The highest BCUT2D eigenvalue weighted by atomic mass is 79.9. The molecule has 0 radical (unpaired) electrons. The molecule has 0 aliphatic heterocycles. The van der Waals surface area contributed by atoms with Gasteiger partial charge in [0.05, 0.1) is 11.5 Å². The minimum absolute atomic E-state index is 0.377. The fourth-order valence-electron chi connectivity index (χ4n) is 2.11. The predicted molar refractivity (Wildman–Crippen MR) is 99.8 cm³/mol. The van der Waals surface area contributed by atoms with Crippen LogP contribution in [0.2, 0.25) is 0 Å². The summed E-state index contributed by atoms with van der Waals surface area (Å²) in [6.07, 6.45) is -4.62. The number of nitrogens with one attached hydrogen (secondary N) is 2. The van der Waals surface area contributed by atoms with E-state index in [2.05, 4.69) is 31.3 Å². The van der Waals surface area contributed by atoms with Crippen molar-refractivity contribution in [3.05, 3.63) is 62.6 Å². The van der Waals surface area contributed by atoms with Gasteiger partial charge in [0.15, 0.2) is 6.61 Å². The molecule has 2 rings (SSSR count). The van der Waals surface area contributed by atoms with Crippen LogP contribution in [0.4, 0.5) is 24.5 Å². The fourth-order valence-corrected chi connectivity index (χ4v) is 2.37. The van der Waals surface area contributed by atoms with Crippen molar-refractivity contribution in [2.75, 3.05) is 18.5 Å². The van der Waals surface area contributed by atoms with E-state index in [-0.39, 0.29) is 5.75 Å². The van der Waals surface area contributed by atoms with Crippen LogP contribution in [0.3, 0.4) is 0 Å². The smallest absolute Gasteiger partial charge is 0.422 e. The normalized spacial score (nSPS) is 10.9. The average Bonchev–Trinajstić information content (AvgIpc) is 2.65. The number of hydrogen-bond acceptors (Lipinski definition) is 5. The van der Waals surface area contributed by atoms with Crippen LogP contribution in [0.5, 0.6) is 5.75 Å². The van der Waals surface area contributed by atoms with E-state index in [0.717, 1.165) is 22.7 Å². The highest BCUT2D eigenvalue weighted by molar-refractivity contribution is 9.10. The Bertz CT molecular complexity index is 920. The number of amides is 2. The van der Waals surface area contributed by atoms with Crippen molar-refractivity contribution in [2.24, 2.45) is 0 Å². The molecule has 0 bridgehead atoms. The first-order valence-corrected chi connectivity index (χ1v) is 8.66. The molecule has 0 saturated heterocycles. The lowest BCUT2D eigenvalue weighted by Gasteiger charge is -2.11. The van der Waals surface area contributed by atoms with Gasteiger partial charge < -0.3 is 15.4 Å². The van der Waals surface area contributed by atoms with Crippen molar-refractivity contribution in [2.45, 2.75) is 6.18 Å². The Kier molecular flexibility index (Phi) is 7.15. The zero-order chi connectivity index (χ0) is 21.6. The molecule has 0 saturated carbocycles. The van der Waals surface area contributed by atoms with Gasteiger partial charge in [-0.2, -0.15) is 13.2 Å². The lowest BCUT2D eigenvalue weighted by Crippen LogP contribution is -2.33. The van der Waals surface area contributed by atoms with E-state index in [9.17, 15) is 32.9 Å². The summed E-state index contributed by atoms with van der Waals surface area (Å²) in [4.78, 5) is 34.4. The maximum absolute atomic E-state index is 12.3. The molecule has 0 aliphatic rings. The van der Waals surface area contributed by atoms with Crippen molar-refractivity contribution in [3.8, 4) is 5.75 Å². The molecular weight excluding hydrogens is 463 g/mol. The van der Waals surface area contributed by atoms with Gasteiger partial charge in [0.2, 0.25) is 5.91 Å². The van der Waals surface area contributed by atoms with Crippen molar-refractivity contribution in [3.63, 3.8) is 0 Å². The summed E-state index contributed by atoms with van der Waals surface area (Å²) in [5, 5.41) is 15.8. The second kappa shape index (κ2) is 9.37. The number of benzene rings is 2. The number of nitro groups is 1. The summed E-state index contributed by atoms with van der Waals surface area (Å²) in [6.45, 7) is -2.14. The number of nitro benzene ring substituents is 1. The standard InChI is InChI=1S/C17H13BrF3N3O5/c18-10-1-3-11(4-2-10)23-15(25)8-22-16(26)13-7-12(29-9-17(19,20)21)5-6-14(13)24(27)28/h1-7H,8-9H2,(H,22,26)(H,23,25). The predicted octanol–water partition coefficient (Wildman–Crippen LogP) is 3.67. The molecule has 0 aliphatic carbocycles. The highest BCUT2D eigenvalue weighted by Crippen LogP contribution is 2.26. The van der Waals surface area contributed by atoms with Crippen LogP contribution < -0.4 is 15.4 Å². The minimum atomic E-state index is -4.62. The SMILES string of the molecule is O=C(CNC(=O)c1cc(OCC(F)(F)F)ccc1[N+](=O)[O-])Nc1ccc(Br)cc1. The summed E-state index contributed by atoms with van der Waals surface area (Å²) in [6, 6.07) is 9.19. The number of ether oxygens (including phenoxy) is 1. The van der Waals surface area contributed by atoms with Gasteiger partial charge in [-0.05, 0) is 36.4 Å². The number of hydrogen-bond donors (Lipinski definition) is 2. The van der Waals surface area contributed by atoms with Crippen molar-refractivity contribution < 1.29 is 32.4 Å². The van der Waals surface area contributed by atoms with Gasteiger partial charge >= 0.3 is 6.18 Å². The van der Waals surface area contributed by atoms with Gasteiger partial charge in [0.1, 0.15) is 11.3 Å². The molecule has 12 heteroatoms. The summed E-state index contributed by atoms with van der Waals surface area (Å²) in [7, 11) is 0. The molecule has 8 nitrogen and oxygen atoms in total. The van der Waals surface area contributed by atoms with Gasteiger partial charge in [0, 0.05) is 16.2 Å². The lowest BCUT2D eigenvalue weighted by atomic mass is 10.1. The summed E-state index contributed by atoms with van der Waals surface area (Å²) in [5.74, 6) is -2.00. The molecule has 2 aromatic carbocycles. The third kappa shape index (κ3) is 7.07. The van der Waals surface area contributed by atoms with E-state index in [4.69, 9.17) is 0 Å². The van der Waals surface area contributed by atoms with Crippen LogP contribution in [0, 0.1) is 10.1 Å².